The summed E-state index contributed by atoms with van der Waals surface area (Å²) in [5.41, 5.74) is 1.21. The Hall–Kier alpha value is -3.71. The van der Waals surface area contributed by atoms with Crippen LogP contribution in [0.2, 0.25) is 10.0 Å². The van der Waals surface area contributed by atoms with Crippen molar-refractivity contribution in [2.24, 2.45) is 11.3 Å². The standard InChI is InChI=1S/C17H22ClFN2.C9H9NO4.C6H4ClF/c1-10-15(11-6-5-7-13(18)16(11)19)12(9-20)14(21-10)8-17(2,3)4;1-14-8-4-6(9(12)13)2-3-7(8)10-5-11;7-5-2-1-3-6(8)4-5/h5-7,10,12,14-15,21H,8H2,1-4H3;2-5H,1H3,(H,10,11)(H,12,13);1-4H. The van der Waals surface area contributed by atoms with E-state index < -0.39 is 11.8 Å². The number of benzene rings is 3. The van der Waals surface area contributed by atoms with Crippen molar-refractivity contribution in [3.63, 3.8) is 0 Å². The molecule has 0 aliphatic carbocycles. The summed E-state index contributed by atoms with van der Waals surface area (Å²) >= 11 is 11.3. The van der Waals surface area contributed by atoms with Crippen molar-refractivity contribution in [3.8, 4) is 11.8 Å². The van der Waals surface area contributed by atoms with Crippen molar-refractivity contribution in [1.29, 1.82) is 5.26 Å². The second-order valence-electron chi connectivity index (χ2n) is 11.1. The maximum atomic E-state index is 14.3. The Morgan fingerprint density at radius 2 is 1.81 bits per heavy atom. The van der Waals surface area contributed by atoms with E-state index in [2.05, 4.69) is 37.5 Å². The molecule has 4 atom stereocenters. The van der Waals surface area contributed by atoms with Crippen LogP contribution in [0, 0.1) is 34.3 Å². The van der Waals surface area contributed by atoms with Gasteiger partial charge in [0.25, 0.3) is 0 Å². The number of carbonyl (C=O) groups excluding carboxylic acids is 1. The average molecular weight is 635 g/mol. The Morgan fingerprint density at radius 1 is 1.14 bits per heavy atom. The molecule has 1 saturated heterocycles. The van der Waals surface area contributed by atoms with Gasteiger partial charge in [0.2, 0.25) is 6.41 Å². The number of hydrogen-bond acceptors (Lipinski definition) is 5. The lowest BCUT2D eigenvalue weighted by atomic mass is 9.78. The molecule has 11 heteroatoms. The lowest BCUT2D eigenvalue weighted by Gasteiger charge is -2.25. The molecule has 4 rings (SSSR count). The van der Waals surface area contributed by atoms with Crippen molar-refractivity contribution in [3.05, 3.63) is 93.5 Å². The molecule has 1 aliphatic heterocycles. The molecule has 4 unspecified atom stereocenters. The van der Waals surface area contributed by atoms with Crippen LogP contribution in [0.25, 0.3) is 0 Å². The zero-order chi connectivity index (χ0) is 32.3. The first kappa shape index (κ1) is 35.5. The minimum Gasteiger partial charge on any atom is -0.495 e. The van der Waals surface area contributed by atoms with E-state index in [0.29, 0.717) is 28.4 Å². The number of methoxy groups -OCH3 is 1. The number of amides is 1. The van der Waals surface area contributed by atoms with E-state index in [1.54, 1.807) is 30.3 Å². The summed E-state index contributed by atoms with van der Waals surface area (Å²) in [4.78, 5) is 20.8. The molecular formula is C32H35Cl2F2N3O4. The van der Waals surface area contributed by atoms with Gasteiger partial charge in [0.15, 0.2) is 0 Å². The molecule has 1 heterocycles. The Morgan fingerprint density at radius 3 is 2.33 bits per heavy atom. The highest BCUT2D eigenvalue weighted by atomic mass is 35.5. The summed E-state index contributed by atoms with van der Waals surface area (Å²) in [5, 5.41) is 24.7. The van der Waals surface area contributed by atoms with Gasteiger partial charge in [-0.15, -0.1) is 0 Å². The Labute approximate surface area is 260 Å². The first-order chi connectivity index (χ1) is 20.2. The summed E-state index contributed by atoms with van der Waals surface area (Å²) in [6.45, 7) is 8.47. The number of anilines is 1. The predicted molar refractivity (Wildman–Crippen MR) is 165 cm³/mol. The van der Waals surface area contributed by atoms with Crippen molar-refractivity contribution in [2.45, 2.75) is 52.1 Å². The van der Waals surface area contributed by atoms with Gasteiger partial charge in [-0.3, -0.25) is 4.79 Å². The molecule has 1 fully saturated rings. The number of carboxylic acids is 1. The van der Waals surface area contributed by atoms with Gasteiger partial charge in [0, 0.05) is 23.0 Å². The molecule has 1 aliphatic rings. The maximum Gasteiger partial charge on any atom is 0.335 e. The third-order valence-electron chi connectivity index (χ3n) is 6.61. The molecule has 0 spiro atoms. The molecule has 3 aromatic rings. The van der Waals surface area contributed by atoms with Crippen LogP contribution in [0.1, 0.15) is 56.0 Å². The molecule has 1 amide bonds. The van der Waals surface area contributed by atoms with E-state index in [9.17, 15) is 23.6 Å². The van der Waals surface area contributed by atoms with E-state index in [1.807, 2.05) is 6.92 Å². The molecule has 0 saturated carbocycles. The average Bonchev–Trinajstić information content (AvgIpc) is 3.23. The van der Waals surface area contributed by atoms with Gasteiger partial charge in [-0.1, -0.05) is 62.2 Å². The number of nitriles is 1. The van der Waals surface area contributed by atoms with Gasteiger partial charge in [-0.25, -0.2) is 13.6 Å². The van der Waals surface area contributed by atoms with Crippen LogP contribution in [0.4, 0.5) is 14.5 Å². The molecule has 3 aromatic carbocycles. The number of rotatable bonds is 6. The molecule has 0 bridgehead atoms. The summed E-state index contributed by atoms with van der Waals surface area (Å²) < 4.78 is 31.3. The molecule has 3 N–H and O–H groups in total. The highest BCUT2D eigenvalue weighted by molar-refractivity contribution is 6.31. The highest BCUT2D eigenvalue weighted by Crippen LogP contribution is 2.41. The van der Waals surface area contributed by atoms with Gasteiger partial charge >= 0.3 is 5.97 Å². The Kier molecular flexibility index (Phi) is 13.4. The van der Waals surface area contributed by atoms with E-state index in [0.717, 1.165) is 6.42 Å². The smallest absolute Gasteiger partial charge is 0.335 e. The topological polar surface area (TPSA) is 111 Å². The van der Waals surface area contributed by atoms with Gasteiger partial charge in [0.1, 0.15) is 17.4 Å². The summed E-state index contributed by atoms with van der Waals surface area (Å²) in [7, 11) is 1.40. The van der Waals surface area contributed by atoms with E-state index in [-0.39, 0.29) is 45.7 Å². The molecule has 7 nitrogen and oxygen atoms in total. The molecular weight excluding hydrogens is 599 g/mol. The van der Waals surface area contributed by atoms with Gasteiger partial charge in [-0.05, 0) is 66.8 Å². The minimum absolute atomic E-state index is 0.0509. The van der Waals surface area contributed by atoms with Crippen LogP contribution < -0.4 is 15.4 Å². The fourth-order valence-electron chi connectivity index (χ4n) is 4.83. The van der Waals surface area contributed by atoms with Crippen LogP contribution >= 0.6 is 23.2 Å². The first-order valence-electron chi connectivity index (χ1n) is 13.3. The third-order valence-corrected chi connectivity index (χ3v) is 7.13. The van der Waals surface area contributed by atoms with Gasteiger partial charge in [0.05, 0.1) is 35.4 Å². The lowest BCUT2D eigenvalue weighted by molar-refractivity contribution is -0.105. The lowest BCUT2D eigenvalue weighted by Crippen LogP contribution is -2.33. The van der Waals surface area contributed by atoms with E-state index in [1.165, 1.54) is 37.4 Å². The summed E-state index contributed by atoms with van der Waals surface area (Å²) in [6, 6.07) is 17.6. The zero-order valence-electron chi connectivity index (χ0n) is 24.5. The molecule has 0 aromatic heterocycles. The minimum atomic E-state index is -1.04. The summed E-state index contributed by atoms with van der Waals surface area (Å²) in [6.07, 6.45) is 1.38. The number of nitrogens with one attached hydrogen (secondary N) is 2. The first-order valence-corrected chi connectivity index (χ1v) is 14.1. The predicted octanol–water partition coefficient (Wildman–Crippen LogP) is 7.94. The van der Waals surface area contributed by atoms with Crippen LogP contribution in [-0.2, 0) is 4.79 Å². The SMILES string of the molecule is CC1NC(CC(C)(C)C)C(C#N)C1c1cccc(Cl)c1F.COc1cc(C(=O)O)ccc1NC=O.Fc1cccc(Cl)c1. The van der Waals surface area contributed by atoms with Crippen molar-refractivity contribution in [1.82, 2.24) is 5.32 Å². The van der Waals surface area contributed by atoms with Crippen molar-refractivity contribution >= 4 is 41.3 Å². The number of halogens is 4. The number of hydrogen-bond donors (Lipinski definition) is 3. The van der Waals surface area contributed by atoms with E-state index in [4.69, 9.17) is 33.0 Å². The van der Waals surface area contributed by atoms with Crippen molar-refractivity contribution in [2.75, 3.05) is 12.4 Å². The zero-order valence-corrected chi connectivity index (χ0v) is 26.0. The van der Waals surface area contributed by atoms with Crippen LogP contribution in [-0.4, -0.2) is 36.7 Å². The van der Waals surface area contributed by atoms with Crippen LogP contribution in [0.15, 0.2) is 60.7 Å². The highest BCUT2D eigenvalue weighted by Gasteiger charge is 2.44. The molecule has 43 heavy (non-hydrogen) atoms. The second kappa shape index (κ2) is 16.2. The fourth-order valence-corrected chi connectivity index (χ4v) is 5.19. The normalized spacial score (nSPS) is 19.1. The number of ether oxygens (including phenoxy) is 1. The number of nitrogens with zero attached hydrogens (tertiary/aromatic N) is 1. The maximum absolute atomic E-state index is 14.3. The second-order valence-corrected chi connectivity index (χ2v) is 11.9. The monoisotopic (exact) mass is 633 g/mol. The Bertz CT molecular complexity index is 1430. The Balaban J connectivity index is 0.000000251. The number of carbonyl (C=O) groups is 2. The third kappa shape index (κ3) is 10.5. The number of aromatic carboxylic acids is 1. The molecule has 0 radical (unpaired) electrons. The number of carboxylic acid groups (broad SMARTS) is 1. The molecule has 230 valence electrons. The largest absolute Gasteiger partial charge is 0.495 e. The van der Waals surface area contributed by atoms with E-state index >= 15 is 0 Å². The van der Waals surface area contributed by atoms with Crippen molar-refractivity contribution < 1.29 is 28.2 Å². The van der Waals surface area contributed by atoms with Crippen LogP contribution in [0.3, 0.4) is 0 Å². The fraction of sp³-hybridized carbons (Fsp3) is 0.344. The van der Waals surface area contributed by atoms with Gasteiger partial charge < -0.3 is 20.5 Å². The summed E-state index contributed by atoms with van der Waals surface area (Å²) in [5.74, 6) is -1.82. The quantitative estimate of drug-likeness (QED) is 0.238. The van der Waals surface area contributed by atoms with Gasteiger partial charge in [-0.2, -0.15) is 5.26 Å². The van der Waals surface area contributed by atoms with Crippen LogP contribution in [0.5, 0.6) is 5.75 Å².